The van der Waals surface area contributed by atoms with E-state index in [9.17, 15) is 9.90 Å². The van der Waals surface area contributed by atoms with Crippen molar-refractivity contribution in [2.45, 2.75) is 27.4 Å². The molecule has 0 aliphatic carbocycles. The molecule has 0 saturated carbocycles. The maximum absolute atomic E-state index is 12.2. The molecule has 4 heteroatoms. The average Bonchev–Trinajstić information content (AvgIpc) is 2.59. The quantitative estimate of drug-likeness (QED) is 0.789. The number of rotatable bonds is 2. The van der Waals surface area contributed by atoms with Crippen LogP contribution in [0, 0.1) is 6.92 Å². The fraction of sp³-hybridized carbons (Fsp3) is 0.263. The summed E-state index contributed by atoms with van der Waals surface area (Å²) in [6.45, 7) is 5.89. The molecule has 0 amide bonds. The molecule has 0 radical (unpaired) electrons. The van der Waals surface area contributed by atoms with Gasteiger partial charge in [0.15, 0.2) is 0 Å². The Morgan fingerprint density at radius 1 is 1.13 bits per heavy atom. The van der Waals surface area contributed by atoms with Crippen molar-refractivity contribution in [2.75, 3.05) is 0 Å². The summed E-state index contributed by atoms with van der Waals surface area (Å²) >= 11 is 0. The summed E-state index contributed by atoms with van der Waals surface area (Å²) in [5, 5.41) is 9.30. The molecule has 23 heavy (non-hydrogen) atoms. The van der Waals surface area contributed by atoms with Gasteiger partial charge in [-0.3, -0.25) is 4.79 Å². The highest BCUT2D eigenvalue weighted by atomic mass is 16.3. The summed E-state index contributed by atoms with van der Waals surface area (Å²) < 4.78 is 1.57. The number of pyridine rings is 2. The molecule has 0 spiro atoms. The van der Waals surface area contributed by atoms with Crippen LogP contribution >= 0.6 is 0 Å². The number of aliphatic hydroxyl groups excluding tert-OH is 1. The summed E-state index contributed by atoms with van der Waals surface area (Å²) in [4.78, 5) is 16.6. The van der Waals surface area contributed by atoms with E-state index < -0.39 is 0 Å². The van der Waals surface area contributed by atoms with Gasteiger partial charge >= 0.3 is 0 Å². The van der Waals surface area contributed by atoms with Crippen LogP contribution in [0.5, 0.6) is 0 Å². The minimum atomic E-state index is -0.119. The first-order valence-corrected chi connectivity index (χ1v) is 7.77. The van der Waals surface area contributed by atoms with Gasteiger partial charge in [-0.2, -0.15) is 0 Å². The summed E-state index contributed by atoms with van der Waals surface area (Å²) in [5.74, 6) is 0. The molecular formula is C19H22N2O2. The summed E-state index contributed by atoms with van der Waals surface area (Å²) in [5.41, 5.74) is 4.89. The van der Waals surface area contributed by atoms with Gasteiger partial charge in [0.2, 0.25) is 0 Å². The Morgan fingerprint density at radius 3 is 2.52 bits per heavy atom. The molecule has 120 valence electrons. The normalized spacial score (nSPS) is 10.3. The fourth-order valence-electron chi connectivity index (χ4n) is 2.49. The third kappa shape index (κ3) is 3.32. The van der Waals surface area contributed by atoms with Gasteiger partial charge in [-0.1, -0.05) is 43.7 Å². The molecule has 1 N–H and O–H groups in total. The second kappa shape index (κ2) is 7.20. The largest absolute Gasteiger partial charge is 0.390 e. The van der Waals surface area contributed by atoms with Crippen molar-refractivity contribution in [2.24, 2.45) is 7.05 Å². The monoisotopic (exact) mass is 310 g/mol. The molecule has 3 rings (SSSR count). The third-order valence-corrected chi connectivity index (χ3v) is 3.64. The molecule has 0 atom stereocenters. The number of benzene rings is 1. The lowest BCUT2D eigenvalue weighted by Crippen LogP contribution is -2.17. The van der Waals surface area contributed by atoms with Gasteiger partial charge in [0.1, 0.15) is 0 Å². The number of nitrogens with zero attached hydrogens (tertiary/aromatic N) is 2. The second-order valence-corrected chi connectivity index (χ2v) is 5.15. The Labute approximate surface area is 136 Å². The van der Waals surface area contributed by atoms with E-state index in [0.717, 1.165) is 27.7 Å². The van der Waals surface area contributed by atoms with E-state index in [1.165, 1.54) is 0 Å². The highest BCUT2D eigenvalue weighted by Crippen LogP contribution is 2.26. The number of aryl methyl sites for hydroxylation is 2. The molecular weight excluding hydrogens is 288 g/mol. The molecule has 0 bridgehead atoms. The predicted octanol–water partition coefficient (Wildman–Crippen LogP) is 3.43. The molecule has 0 unspecified atom stereocenters. The number of hydrogen-bond donors (Lipinski definition) is 1. The van der Waals surface area contributed by atoms with Gasteiger partial charge in [0, 0.05) is 18.7 Å². The molecule has 3 aromatic rings. The van der Waals surface area contributed by atoms with Gasteiger partial charge in [-0.05, 0) is 24.6 Å². The van der Waals surface area contributed by atoms with Gasteiger partial charge in [-0.15, -0.1) is 0 Å². The SMILES string of the molecule is CC.Cc1cccc(-c2cc(=O)n(C)c3ccc(CO)nc23)c1. The number of fused-ring (bicyclic) bond motifs is 1. The molecule has 0 fully saturated rings. The highest BCUT2D eigenvalue weighted by molar-refractivity contribution is 5.91. The molecule has 2 aromatic heterocycles. The van der Waals surface area contributed by atoms with E-state index in [2.05, 4.69) is 4.98 Å². The second-order valence-electron chi connectivity index (χ2n) is 5.15. The molecule has 0 aliphatic rings. The van der Waals surface area contributed by atoms with E-state index in [1.807, 2.05) is 51.1 Å². The van der Waals surface area contributed by atoms with Crippen molar-refractivity contribution in [3.63, 3.8) is 0 Å². The van der Waals surface area contributed by atoms with Crippen molar-refractivity contribution in [1.82, 2.24) is 9.55 Å². The van der Waals surface area contributed by atoms with Crippen molar-refractivity contribution in [1.29, 1.82) is 0 Å². The Hall–Kier alpha value is -2.46. The zero-order valence-electron chi connectivity index (χ0n) is 14.0. The standard InChI is InChI=1S/C17H16N2O2.C2H6/c1-11-4-3-5-12(8-11)14-9-16(21)19(2)15-7-6-13(10-20)18-17(14)15;1-2/h3-9,20H,10H2,1-2H3;1-2H3. The van der Waals surface area contributed by atoms with E-state index in [0.29, 0.717) is 5.69 Å². The van der Waals surface area contributed by atoms with Gasteiger partial charge in [0.05, 0.1) is 23.3 Å². The predicted molar refractivity (Wildman–Crippen MR) is 94.4 cm³/mol. The topological polar surface area (TPSA) is 55.1 Å². The number of aliphatic hydroxyl groups is 1. The zero-order chi connectivity index (χ0) is 17.0. The first-order valence-electron chi connectivity index (χ1n) is 7.77. The molecule has 0 aliphatic heterocycles. The third-order valence-electron chi connectivity index (χ3n) is 3.64. The lowest BCUT2D eigenvalue weighted by Gasteiger charge is -2.11. The van der Waals surface area contributed by atoms with Crippen LogP contribution in [0.4, 0.5) is 0 Å². The minimum absolute atomic E-state index is 0.0717. The van der Waals surface area contributed by atoms with Crippen LogP contribution in [-0.4, -0.2) is 14.7 Å². The molecule has 4 nitrogen and oxygen atoms in total. The van der Waals surface area contributed by atoms with Crippen molar-refractivity contribution in [3.8, 4) is 11.1 Å². The Kier molecular flexibility index (Phi) is 5.29. The Morgan fingerprint density at radius 2 is 1.87 bits per heavy atom. The van der Waals surface area contributed by atoms with Crippen LogP contribution < -0.4 is 5.56 Å². The van der Waals surface area contributed by atoms with E-state index in [-0.39, 0.29) is 12.2 Å². The maximum Gasteiger partial charge on any atom is 0.251 e. The van der Waals surface area contributed by atoms with Gasteiger partial charge < -0.3 is 9.67 Å². The van der Waals surface area contributed by atoms with E-state index in [1.54, 1.807) is 23.7 Å². The molecule has 0 saturated heterocycles. The minimum Gasteiger partial charge on any atom is -0.390 e. The maximum atomic E-state index is 12.2. The summed E-state index contributed by atoms with van der Waals surface area (Å²) in [7, 11) is 1.73. The van der Waals surface area contributed by atoms with Crippen molar-refractivity contribution in [3.05, 3.63) is 64.1 Å². The van der Waals surface area contributed by atoms with Gasteiger partial charge in [0.25, 0.3) is 5.56 Å². The summed E-state index contributed by atoms with van der Waals surface area (Å²) in [6, 6.07) is 13.1. The van der Waals surface area contributed by atoms with E-state index >= 15 is 0 Å². The van der Waals surface area contributed by atoms with Crippen LogP contribution in [0.15, 0.2) is 47.3 Å². The lowest BCUT2D eigenvalue weighted by atomic mass is 10.0. The molecule has 2 heterocycles. The first-order chi connectivity index (χ1) is 11.1. The first kappa shape index (κ1) is 16.9. The zero-order valence-corrected chi connectivity index (χ0v) is 14.0. The highest BCUT2D eigenvalue weighted by Gasteiger charge is 2.11. The summed E-state index contributed by atoms with van der Waals surface area (Å²) in [6.07, 6.45) is 0. The van der Waals surface area contributed by atoms with Crippen LogP contribution in [0.3, 0.4) is 0 Å². The van der Waals surface area contributed by atoms with Crippen LogP contribution in [0.25, 0.3) is 22.2 Å². The Balaban J connectivity index is 0.000000924. The fourth-order valence-corrected chi connectivity index (χ4v) is 2.49. The smallest absolute Gasteiger partial charge is 0.251 e. The van der Waals surface area contributed by atoms with E-state index in [4.69, 9.17) is 0 Å². The van der Waals surface area contributed by atoms with Crippen LogP contribution in [0.2, 0.25) is 0 Å². The lowest BCUT2D eigenvalue weighted by molar-refractivity contribution is 0.277. The van der Waals surface area contributed by atoms with Crippen molar-refractivity contribution < 1.29 is 5.11 Å². The van der Waals surface area contributed by atoms with Crippen LogP contribution in [-0.2, 0) is 13.7 Å². The van der Waals surface area contributed by atoms with Crippen molar-refractivity contribution >= 4 is 11.0 Å². The Bertz CT molecular complexity index is 882. The average molecular weight is 310 g/mol. The van der Waals surface area contributed by atoms with Gasteiger partial charge in [-0.25, -0.2) is 4.98 Å². The van der Waals surface area contributed by atoms with Crippen LogP contribution in [0.1, 0.15) is 25.1 Å². The number of hydrogen-bond acceptors (Lipinski definition) is 3. The number of aromatic nitrogens is 2. The molecule has 1 aromatic carbocycles.